The van der Waals surface area contributed by atoms with Gasteiger partial charge in [0.1, 0.15) is 5.75 Å². The number of aliphatic hydroxyl groups excluding tert-OH is 1. The molecule has 3 heteroatoms. The average molecular weight is 238 g/mol. The standard InChI is InChI=1S/C13H18O2S/c1-3-15-12-6-4-5-10-11(12)8-16-7-9(2)13(10)14/h4-6,9,13-14H,3,7-8H2,1-2H3. The van der Waals surface area contributed by atoms with Crippen LogP contribution < -0.4 is 4.74 Å². The molecule has 16 heavy (non-hydrogen) atoms. The van der Waals surface area contributed by atoms with E-state index in [1.807, 2.05) is 36.9 Å². The molecule has 0 fully saturated rings. The Balaban J connectivity index is 2.41. The Hall–Kier alpha value is -0.670. The highest BCUT2D eigenvalue weighted by atomic mass is 32.2. The second-order valence-corrected chi connectivity index (χ2v) is 5.22. The first-order chi connectivity index (χ1) is 7.74. The van der Waals surface area contributed by atoms with Crippen molar-refractivity contribution >= 4 is 11.8 Å². The molecule has 1 aliphatic rings. The monoisotopic (exact) mass is 238 g/mol. The van der Waals surface area contributed by atoms with E-state index in [2.05, 4.69) is 6.92 Å². The van der Waals surface area contributed by atoms with Gasteiger partial charge >= 0.3 is 0 Å². The van der Waals surface area contributed by atoms with Crippen LogP contribution in [0.4, 0.5) is 0 Å². The van der Waals surface area contributed by atoms with Crippen molar-refractivity contribution in [3.63, 3.8) is 0 Å². The third-order valence-corrected chi connectivity index (χ3v) is 4.21. The third-order valence-electron chi connectivity index (χ3n) is 2.95. The molecule has 0 saturated heterocycles. The largest absolute Gasteiger partial charge is 0.494 e. The minimum absolute atomic E-state index is 0.308. The van der Waals surface area contributed by atoms with Gasteiger partial charge in [-0.2, -0.15) is 11.8 Å². The number of hydrogen-bond acceptors (Lipinski definition) is 3. The van der Waals surface area contributed by atoms with Crippen molar-refractivity contribution < 1.29 is 9.84 Å². The average Bonchev–Trinajstić information content (AvgIpc) is 2.42. The Labute approximate surface area is 101 Å². The van der Waals surface area contributed by atoms with E-state index >= 15 is 0 Å². The highest BCUT2D eigenvalue weighted by Gasteiger charge is 2.24. The summed E-state index contributed by atoms with van der Waals surface area (Å²) in [5.74, 6) is 3.18. The quantitative estimate of drug-likeness (QED) is 0.859. The first kappa shape index (κ1) is 11.8. The van der Waals surface area contributed by atoms with Crippen LogP contribution in [0.2, 0.25) is 0 Å². The highest BCUT2D eigenvalue weighted by Crippen LogP contribution is 2.38. The normalized spacial score (nSPS) is 24.7. The zero-order valence-corrected chi connectivity index (χ0v) is 10.6. The van der Waals surface area contributed by atoms with Gasteiger partial charge in [-0.15, -0.1) is 0 Å². The molecule has 0 aliphatic carbocycles. The van der Waals surface area contributed by atoms with Gasteiger partial charge < -0.3 is 9.84 Å². The van der Waals surface area contributed by atoms with Crippen LogP contribution in [0.3, 0.4) is 0 Å². The lowest BCUT2D eigenvalue weighted by Gasteiger charge is -2.18. The summed E-state index contributed by atoms with van der Waals surface area (Å²) < 4.78 is 5.62. The number of hydrogen-bond donors (Lipinski definition) is 1. The van der Waals surface area contributed by atoms with Gasteiger partial charge in [0.2, 0.25) is 0 Å². The zero-order chi connectivity index (χ0) is 11.5. The van der Waals surface area contributed by atoms with Gasteiger partial charge in [0.25, 0.3) is 0 Å². The molecule has 1 aliphatic heterocycles. The van der Waals surface area contributed by atoms with Crippen molar-refractivity contribution in [1.29, 1.82) is 0 Å². The number of thioether (sulfide) groups is 1. The summed E-state index contributed by atoms with van der Waals surface area (Å²) in [4.78, 5) is 0. The van der Waals surface area contributed by atoms with Crippen LogP contribution in [0, 0.1) is 5.92 Å². The van der Waals surface area contributed by atoms with Gasteiger partial charge in [-0.05, 0) is 30.2 Å². The minimum Gasteiger partial charge on any atom is -0.494 e. The van der Waals surface area contributed by atoms with E-state index < -0.39 is 0 Å². The molecule has 1 N–H and O–H groups in total. The molecular formula is C13H18O2S. The van der Waals surface area contributed by atoms with Gasteiger partial charge in [-0.25, -0.2) is 0 Å². The summed E-state index contributed by atoms with van der Waals surface area (Å²) in [7, 11) is 0. The van der Waals surface area contributed by atoms with Crippen LogP contribution in [0.25, 0.3) is 0 Å². The molecule has 1 heterocycles. The van der Waals surface area contributed by atoms with Crippen LogP contribution in [0.5, 0.6) is 5.75 Å². The van der Waals surface area contributed by atoms with E-state index in [1.54, 1.807) is 0 Å². The molecule has 88 valence electrons. The molecule has 0 spiro atoms. The van der Waals surface area contributed by atoms with Crippen molar-refractivity contribution in [2.24, 2.45) is 5.92 Å². The lowest BCUT2D eigenvalue weighted by Crippen LogP contribution is -2.11. The Morgan fingerprint density at radius 1 is 1.50 bits per heavy atom. The third kappa shape index (κ3) is 2.20. The van der Waals surface area contributed by atoms with Crippen molar-refractivity contribution in [2.45, 2.75) is 25.7 Å². The molecular weight excluding hydrogens is 220 g/mol. The fourth-order valence-electron chi connectivity index (χ4n) is 2.05. The SMILES string of the molecule is CCOc1cccc2c1CSCC(C)C2O. The van der Waals surface area contributed by atoms with E-state index in [1.165, 1.54) is 5.56 Å². The molecule has 0 aromatic heterocycles. The molecule has 2 atom stereocenters. The molecule has 2 rings (SSSR count). The predicted molar refractivity (Wildman–Crippen MR) is 67.9 cm³/mol. The predicted octanol–water partition coefficient (Wildman–Crippen LogP) is 3.00. The molecule has 1 aromatic rings. The number of aliphatic hydroxyl groups is 1. The first-order valence-electron chi connectivity index (χ1n) is 5.74. The number of fused-ring (bicyclic) bond motifs is 1. The van der Waals surface area contributed by atoms with Crippen LogP contribution >= 0.6 is 11.8 Å². The van der Waals surface area contributed by atoms with Gasteiger partial charge in [-0.3, -0.25) is 0 Å². The number of benzene rings is 1. The number of rotatable bonds is 2. The lowest BCUT2D eigenvalue weighted by molar-refractivity contribution is 0.129. The van der Waals surface area contributed by atoms with Gasteiger partial charge in [0.05, 0.1) is 12.7 Å². The maximum absolute atomic E-state index is 10.2. The Morgan fingerprint density at radius 3 is 3.06 bits per heavy atom. The molecule has 0 amide bonds. The fraction of sp³-hybridized carbons (Fsp3) is 0.538. The maximum Gasteiger partial charge on any atom is 0.123 e. The Bertz CT molecular complexity index is 365. The van der Waals surface area contributed by atoms with Crippen LogP contribution in [0.1, 0.15) is 31.1 Å². The molecule has 2 nitrogen and oxygen atoms in total. The summed E-state index contributed by atoms with van der Waals surface area (Å²) in [5, 5.41) is 10.2. The van der Waals surface area contributed by atoms with Crippen molar-refractivity contribution in [3.8, 4) is 5.75 Å². The summed E-state index contributed by atoms with van der Waals surface area (Å²) in [6, 6.07) is 5.98. The second-order valence-electron chi connectivity index (χ2n) is 4.19. The molecule has 2 unspecified atom stereocenters. The van der Waals surface area contributed by atoms with Crippen LogP contribution in [-0.2, 0) is 5.75 Å². The summed E-state index contributed by atoms with van der Waals surface area (Å²) in [6.07, 6.45) is -0.356. The topological polar surface area (TPSA) is 29.5 Å². The number of ether oxygens (including phenoxy) is 1. The summed E-state index contributed by atoms with van der Waals surface area (Å²) in [6.45, 7) is 4.76. The highest BCUT2D eigenvalue weighted by molar-refractivity contribution is 7.98. The smallest absolute Gasteiger partial charge is 0.123 e. The minimum atomic E-state index is -0.356. The Kier molecular flexibility index (Phi) is 3.77. The Morgan fingerprint density at radius 2 is 2.31 bits per heavy atom. The van der Waals surface area contributed by atoms with E-state index in [4.69, 9.17) is 4.74 Å². The molecule has 0 radical (unpaired) electrons. The van der Waals surface area contributed by atoms with E-state index in [0.717, 1.165) is 22.8 Å². The molecule has 0 saturated carbocycles. The molecule has 0 bridgehead atoms. The lowest BCUT2D eigenvalue weighted by atomic mass is 9.95. The van der Waals surface area contributed by atoms with Crippen molar-refractivity contribution in [1.82, 2.24) is 0 Å². The van der Waals surface area contributed by atoms with Gasteiger partial charge in [0.15, 0.2) is 0 Å². The van der Waals surface area contributed by atoms with Crippen molar-refractivity contribution in [2.75, 3.05) is 12.4 Å². The first-order valence-corrected chi connectivity index (χ1v) is 6.90. The fourth-order valence-corrected chi connectivity index (χ4v) is 3.23. The summed E-state index contributed by atoms with van der Waals surface area (Å²) in [5.41, 5.74) is 2.22. The summed E-state index contributed by atoms with van der Waals surface area (Å²) >= 11 is 1.87. The second kappa shape index (κ2) is 5.11. The van der Waals surface area contributed by atoms with Crippen LogP contribution in [-0.4, -0.2) is 17.5 Å². The van der Waals surface area contributed by atoms with Gasteiger partial charge in [-0.1, -0.05) is 19.1 Å². The van der Waals surface area contributed by atoms with E-state index in [-0.39, 0.29) is 6.10 Å². The molecule has 1 aromatic carbocycles. The van der Waals surface area contributed by atoms with Gasteiger partial charge in [0, 0.05) is 11.3 Å². The zero-order valence-electron chi connectivity index (χ0n) is 9.77. The van der Waals surface area contributed by atoms with Crippen LogP contribution in [0.15, 0.2) is 18.2 Å². The van der Waals surface area contributed by atoms with Crippen molar-refractivity contribution in [3.05, 3.63) is 29.3 Å². The van der Waals surface area contributed by atoms with E-state index in [9.17, 15) is 5.11 Å². The van der Waals surface area contributed by atoms with E-state index in [0.29, 0.717) is 12.5 Å². The maximum atomic E-state index is 10.2.